The largest absolute Gasteiger partial charge is 0.398 e. The molecule has 2 rings (SSSR count). The molecule has 0 spiro atoms. The molecule has 2 N–H and O–H groups in total. The Balaban J connectivity index is 2.69. The predicted molar refractivity (Wildman–Crippen MR) is 70.7 cm³/mol. The lowest BCUT2D eigenvalue weighted by atomic mass is 9.98. The van der Waals surface area contributed by atoms with Gasteiger partial charge in [0.05, 0.1) is 5.02 Å². The van der Waals surface area contributed by atoms with Crippen LogP contribution >= 0.6 is 11.6 Å². The van der Waals surface area contributed by atoms with Crippen LogP contribution in [0.1, 0.15) is 11.1 Å². The van der Waals surface area contributed by atoms with Crippen LogP contribution in [-0.2, 0) is 0 Å². The maximum atomic E-state index is 13.3. The smallest absolute Gasteiger partial charge is 0.127 e. The van der Waals surface area contributed by atoms with Gasteiger partial charge in [-0.05, 0) is 48.7 Å². The second kappa shape index (κ2) is 4.38. The maximum Gasteiger partial charge on any atom is 0.127 e. The molecule has 0 aliphatic heterocycles. The Kier molecular flexibility index (Phi) is 3.07. The van der Waals surface area contributed by atoms with Gasteiger partial charge in [-0.2, -0.15) is 0 Å². The van der Waals surface area contributed by atoms with Gasteiger partial charge in [0.1, 0.15) is 5.82 Å². The highest BCUT2D eigenvalue weighted by atomic mass is 35.5. The Hall–Kier alpha value is -1.54. The number of hydrogen-bond donors (Lipinski definition) is 1. The minimum absolute atomic E-state index is 0.291. The van der Waals surface area contributed by atoms with Crippen LogP contribution in [0, 0.1) is 19.7 Å². The molecule has 0 amide bonds. The Bertz CT molecular complexity index is 579. The van der Waals surface area contributed by atoms with Crippen molar-refractivity contribution in [2.24, 2.45) is 0 Å². The van der Waals surface area contributed by atoms with Crippen molar-refractivity contribution in [2.75, 3.05) is 5.73 Å². The average Bonchev–Trinajstić information content (AvgIpc) is 2.28. The van der Waals surface area contributed by atoms with Gasteiger partial charge in [-0.25, -0.2) is 4.39 Å². The first kappa shape index (κ1) is 11.9. The van der Waals surface area contributed by atoms with Crippen LogP contribution in [0.25, 0.3) is 11.1 Å². The summed E-state index contributed by atoms with van der Waals surface area (Å²) in [6.07, 6.45) is 0. The highest BCUT2D eigenvalue weighted by molar-refractivity contribution is 6.33. The van der Waals surface area contributed by atoms with Crippen molar-refractivity contribution >= 4 is 17.3 Å². The molecule has 3 heteroatoms. The fourth-order valence-corrected chi connectivity index (χ4v) is 2.06. The maximum absolute atomic E-state index is 13.3. The van der Waals surface area contributed by atoms with E-state index >= 15 is 0 Å². The normalized spacial score (nSPS) is 10.6. The third-order valence-electron chi connectivity index (χ3n) is 2.91. The van der Waals surface area contributed by atoms with Gasteiger partial charge < -0.3 is 5.73 Å². The quantitative estimate of drug-likeness (QED) is 0.748. The lowest BCUT2D eigenvalue weighted by molar-refractivity contribution is 0.619. The van der Waals surface area contributed by atoms with E-state index in [0.29, 0.717) is 16.3 Å². The van der Waals surface area contributed by atoms with Gasteiger partial charge in [-0.15, -0.1) is 0 Å². The number of nitrogen functional groups attached to an aromatic ring is 1. The highest BCUT2D eigenvalue weighted by Gasteiger charge is 2.10. The van der Waals surface area contributed by atoms with Crippen molar-refractivity contribution in [3.05, 3.63) is 52.3 Å². The molecule has 0 saturated carbocycles. The van der Waals surface area contributed by atoms with Crippen LogP contribution in [0.4, 0.5) is 10.1 Å². The summed E-state index contributed by atoms with van der Waals surface area (Å²) in [6, 6.07) is 8.73. The molecule has 0 aliphatic carbocycles. The summed E-state index contributed by atoms with van der Waals surface area (Å²) < 4.78 is 13.3. The molecule has 2 aromatic rings. The van der Waals surface area contributed by atoms with Crippen LogP contribution < -0.4 is 5.73 Å². The average molecular weight is 250 g/mol. The fourth-order valence-electron chi connectivity index (χ4n) is 1.81. The minimum atomic E-state index is -0.291. The third-order valence-corrected chi connectivity index (χ3v) is 3.23. The van der Waals surface area contributed by atoms with Crippen LogP contribution in [0.2, 0.25) is 5.02 Å². The lowest BCUT2D eigenvalue weighted by Gasteiger charge is -2.11. The van der Waals surface area contributed by atoms with Gasteiger partial charge in [0.2, 0.25) is 0 Å². The Labute approximate surface area is 105 Å². The van der Waals surface area contributed by atoms with Crippen molar-refractivity contribution < 1.29 is 4.39 Å². The zero-order valence-electron chi connectivity index (χ0n) is 9.72. The molecular formula is C14H13ClFN. The van der Waals surface area contributed by atoms with E-state index in [1.165, 1.54) is 6.07 Å². The second-order valence-electron chi connectivity index (χ2n) is 4.10. The van der Waals surface area contributed by atoms with E-state index in [9.17, 15) is 4.39 Å². The van der Waals surface area contributed by atoms with Gasteiger partial charge >= 0.3 is 0 Å². The zero-order chi connectivity index (χ0) is 12.6. The highest BCUT2D eigenvalue weighted by Crippen LogP contribution is 2.34. The van der Waals surface area contributed by atoms with Crippen molar-refractivity contribution in [1.29, 1.82) is 0 Å². The summed E-state index contributed by atoms with van der Waals surface area (Å²) >= 11 is 6.08. The molecule has 0 aliphatic rings. The molecule has 0 heterocycles. The summed E-state index contributed by atoms with van der Waals surface area (Å²) in [6.45, 7) is 3.65. The zero-order valence-corrected chi connectivity index (χ0v) is 10.5. The number of anilines is 1. The summed E-state index contributed by atoms with van der Waals surface area (Å²) in [5.74, 6) is -0.291. The molecule has 0 unspecified atom stereocenters. The number of hydrogen-bond acceptors (Lipinski definition) is 1. The van der Waals surface area contributed by atoms with E-state index in [1.54, 1.807) is 13.0 Å². The Morgan fingerprint density at radius 1 is 1.12 bits per heavy atom. The minimum Gasteiger partial charge on any atom is -0.398 e. The molecule has 0 aromatic heterocycles. The first-order chi connectivity index (χ1) is 8.00. The summed E-state index contributed by atoms with van der Waals surface area (Å²) in [7, 11) is 0. The first-order valence-electron chi connectivity index (χ1n) is 5.32. The second-order valence-corrected chi connectivity index (χ2v) is 4.51. The number of benzene rings is 2. The van der Waals surface area contributed by atoms with Crippen molar-refractivity contribution in [3.63, 3.8) is 0 Å². The Morgan fingerprint density at radius 2 is 1.82 bits per heavy atom. The lowest BCUT2D eigenvalue weighted by Crippen LogP contribution is -1.93. The summed E-state index contributed by atoms with van der Waals surface area (Å²) in [5.41, 5.74) is 9.86. The SMILES string of the molecule is Cc1cc(-c2cccc(N)c2C)c(Cl)cc1F. The molecule has 2 aromatic carbocycles. The van der Waals surface area contributed by atoms with Crippen molar-refractivity contribution in [3.8, 4) is 11.1 Å². The van der Waals surface area contributed by atoms with Gasteiger partial charge in [-0.3, -0.25) is 0 Å². The van der Waals surface area contributed by atoms with Crippen LogP contribution in [0.3, 0.4) is 0 Å². The molecule has 17 heavy (non-hydrogen) atoms. The molecule has 0 saturated heterocycles. The summed E-state index contributed by atoms with van der Waals surface area (Å²) in [5, 5.41) is 0.404. The van der Waals surface area contributed by atoms with Crippen LogP contribution in [0.15, 0.2) is 30.3 Å². The van der Waals surface area contributed by atoms with E-state index in [0.717, 1.165) is 16.7 Å². The van der Waals surface area contributed by atoms with Gasteiger partial charge in [-0.1, -0.05) is 23.7 Å². The Morgan fingerprint density at radius 3 is 2.53 bits per heavy atom. The number of aryl methyl sites for hydroxylation is 1. The van der Waals surface area contributed by atoms with Crippen molar-refractivity contribution in [1.82, 2.24) is 0 Å². The van der Waals surface area contributed by atoms with E-state index in [1.807, 2.05) is 25.1 Å². The fraction of sp³-hybridized carbons (Fsp3) is 0.143. The first-order valence-corrected chi connectivity index (χ1v) is 5.69. The van der Waals surface area contributed by atoms with Crippen LogP contribution in [-0.4, -0.2) is 0 Å². The van der Waals surface area contributed by atoms with Crippen molar-refractivity contribution in [2.45, 2.75) is 13.8 Å². The van der Waals surface area contributed by atoms with E-state index in [4.69, 9.17) is 17.3 Å². The van der Waals surface area contributed by atoms with Crippen LogP contribution in [0.5, 0.6) is 0 Å². The number of rotatable bonds is 1. The standard InChI is InChI=1S/C14H13ClFN/c1-8-6-11(12(15)7-13(8)16)10-4-3-5-14(17)9(10)2/h3-7H,17H2,1-2H3. The topological polar surface area (TPSA) is 26.0 Å². The molecule has 0 radical (unpaired) electrons. The van der Waals surface area contributed by atoms with E-state index in [-0.39, 0.29) is 5.82 Å². The molecule has 1 nitrogen and oxygen atoms in total. The van der Waals surface area contributed by atoms with E-state index < -0.39 is 0 Å². The van der Waals surface area contributed by atoms with Gasteiger partial charge in [0.15, 0.2) is 0 Å². The third kappa shape index (κ3) is 2.13. The molecule has 0 bridgehead atoms. The summed E-state index contributed by atoms with van der Waals surface area (Å²) in [4.78, 5) is 0. The number of halogens is 2. The monoisotopic (exact) mass is 249 g/mol. The number of nitrogens with two attached hydrogens (primary N) is 1. The van der Waals surface area contributed by atoms with Gasteiger partial charge in [0.25, 0.3) is 0 Å². The molecule has 0 fully saturated rings. The van der Waals surface area contributed by atoms with E-state index in [2.05, 4.69) is 0 Å². The molecular weight excluding hydrogens is 237 g/mol. The predicted octanol–water partition coefficient (Wildman–Crippen LogP) is 4.35. The molecule has 0 atom stereocenters. The van der Waals surface area contributed by atoms with Gasteiger partial charge in [0, 0.05) is 11.3 Å². The molecule has 88 valence electrons.